The second-order valence-electron chi connectivity index (χ2n) is 1.28. The van der Waals surface area contributed by atoms with E-state index in [4.69, 9.17) is 16.6 Å². The summed E-state index contributed by atoms with van der Waals surface area (Å²) in [7, 11) is -1.90. The van der Waals surface area contributed by atoms with Crippen LogP contribution in [0.2, 0.25) is 0 Å². The molecule has 0 saturated heterocycles. The van der Waals surface area contributed by atoms with Gasteiger partial charge in [0.2, 0.25) is 0 Å². The summed E-state index contributed by atoms with van der Waals surface area (Å²) in [4.78, 5) is 9.89. The molecule has 3 N–H and O–H groups in total. The van der Waals surface area contributed by atoms with Crippen molar-refractivity contribution in [2.24, 2.45) is 56.4 Å². The lowest BCUT2D eigenvalue weighted by molar-refractivity contribution is 0.854. The van der Waals surface area contributed by atoms with Gasteiger partial charge in [-0.05, 0) is 41.8 Å². The summed E-state index contributed by atoms with van der Waals surface area (Å²) < 4.78 is 0. The summed E-state index contributed by atoms with van der Waals surface area (Å²) in [6.07, 6.45) is 0. The Morgan fingerprint density at radius 3 is 1.47 bits per heavy atom. The van der Waals surface area contributed by atoms with Gasteiger partial charge >= 0.3 is 0 Å². The van der Waals surface area contributed by atoms with Crippen LogP contribution in [0.25, 0.3) is 0 Å². The van der Waals surface area contributed by atoms with E-state index in [1.165, 1.54) is 0 Å². The van der Waals surface area contributed by atoms with E-state index in [2.05, 4.69) is 56.4 Å². The minimum absolute atomic E-state index is 1.90. The van der Waals surface area contributed by atoms with Gasteiger partial charge in [0.05, 0.1) is 0 Å². The molecule has 15 heteroatoms. The Kier molecular flexibility index (Phi) is 7.99. The molecule has 0 rings (SSSR count). The van der Waals surface area contributed by atoms with Crippen molar-refractivity contribution in [2.75, 3.05) is 0 Å². The molecule has 0 heterocycles. The molecule has 0 spiro atoms. The first-order chi connectivity index (χ1) is 7.35. The van der Waals surface area contributed by atoms with Gasteiger partial charge in [0.15, 0.2) is 0 Å². The summed E-state index contributed by atoms with van der Waals surface area (Å²) in [5.41, 5.74) is 18.8. The first kappa shape index (κ1) is 12.5. The minimum atomic E-state index is -1.90. The van der Waals surface area contributed by atoms with Crippen molar-refractivity contribution in [3.05, 3.63) is 0 Å². The molecular formula is H3N14P. The highest BCUT2D eigenvalue weighted by atomic mass is 31.1. The number of hydrogen-bond donors (Lipinski definition) is 3. The fourth-order valence-corrected chi connectivity index (χ4v) is 0.690. The van der Waals surface area contributed by atoms with E-state index in [1.807, 2.05) is 0 Å². The molecule has 0 aliphatic rings. The van der Waals surface area contributed by atoms with Crippen molar-refractivity contribution in [3.8, 4) is 0 Å². The van der Waals surface area contributed by atoms with E-state index in [-0.39, 0.29) is 0 Å². The Morgan fingerprint density at radius 1 is 0.600 bits per heavy atom. The Bertz CT molecular complexity index is 344. The van der Waals surface area contributed by atoms with Crippen molar-refractivity contribution in [1.82, 2.24) is 0 Å². The lowest BCUT2D eigenvalue weighted by Gasteiger charge is -1.74. The summed E-state index contributed by atoms with van der Waals surface area (Å²) in [6, 6.07) is 0. The predicted molar refractivity (Wildman–Crippen MR) is 41.8 cm³/mol. The first-order valence-corrected chi connectivity index (χ1v) is 4.07. The molecule has 0 fully saturated rings. The van der Waals surface area contributed by atoms with Crippen molar-refractivity contribution in [3.63, 3.8) is 0 Å². The lowest BCUT2D eigenvalue weighted by Crippen LogP contribution is -1.46. The van der Waals surface area contributed by atoms with Gasteiger partial charge in [-0.3, -0.25) is 0 Å². The molecule has 0 aromatic carbocycles. The van der Waals surface area contributed by atoms with E-state index in [0.717, 1.165) is 0 Å². The van der Waals surface area contributed by atoms with E-state index < -0.39 is 7.66 Å². The van der Waals surface area contributed by atoms with Crippen molar-refractivity contribution in [2.45, 2.75) is 0 Å². The number of nitrogens with one attached hydrogen (secondary N) is 3. The molecule has 0 aliphatic carbocycles. The third-order valence-electron chi connectivity index (χ3n) is 0.574. The van der Waals surface area contributed by atoms with Gasteiger partial charge in [0.25, 0.3) is 7.66 Å². The molecule has 0 aliphatic heterocycles. The SMILES string of the molecule is N=N/N=N/N=P(=N\N=N\N=N)\N=N\N=N. The van der Waals surface area contributed by atoms with Gasteiger partial charge in [-0.15, -0.1) is 0 Å². The van der Waals surface area contributed by atoms with Crippen LogP contribution in [0.1, 0.15) is 0 Å². The second-order valence-corrected chi connectivity index (χ2v) is 2.36. The van der Waals surface area contributed by atoms with Crippen LogP contribution in [0.4, 0.5) is 0 Å². The number of nitrogens with zero attached hydrogens (tertiary/aromatic N) is 11. The maximum absolute atomic E-state index is 6.31. The maximum atomic E-state index is 6.31. The second kappa shape index (κ2) is 9.59. The summed E-state index contributed by atoms with van der Waals surface area (Å²) in [5.74, 6) is 0. The van der Waals surface area contributed by atoms with Crippen LogP contribution in [0.15, 0.2) is 56.4 Å². The van der Waals surface area contributed by atoms with Crippen LogP contribution in [-0.4, -0.2) is 0 Å². The normalized spacial score (nSPS) is 12.9. The fourth-order valence-electron chi connectivity index (χ4n) is 0.257. The molecule has 0 saturated carbocycles. The van der Waals surface area contributed by atoms with Crippen molar-refractivity contribution in [1.29, 1.82) is 16.6 Å². The Morgan fingerprint density at radius 2 is 1.07 bits per heavy atom. The average molecular weight is 230 g/mol. The molecule has 0 bridgehead atoms. The van der Waals surface area contributed by atoms with Crippen LogP contribution < -0.4 is 0 Å². The van der Waals surface area contributed by atoms with Gasteiger partial charge < -0.3 is 0 Å². The van der Waals surface area contributed by atoms with Crippen LogP contribution in [0.3, 0.4) is 0 Å². The third-order valence-corrected chi connectivity index (χ3v) is 1.29. The van der Waals surface area contributed by atoms with Crippen LogP contribution >= 0.6 is 7.66 Å². The van der Waals surface area contributed by atoms with E-state index in [9.17, 15) is 0 Å². The van der Waals surface area contributed by atoms with E-state index in [1.54, 1.807) is 0 Å². The smallest absolute Gasteiger partial charge is 0.183 e. The van der Waals surface area contributed by atoms with E-state index >= 15 is 0 Å². The zero-order chi connectivity index (χ0) is 11.4. The van der Waals surface area contributed by atoms with Gasteiger partial charge in [0, 0.05) is 0 Å². The Hall–Kier alpha value is -2.50. The average Bonchev–Trinajstić information content (AvgIpc) is 2.25. The summed E-state index contributed by atoms with van der Waals surface area (Å²) >= 11 is 0. The highest BCUT2D eigenvalue weighted by molar-refractivity contribution is 7.34. The molecule has 0 aromatic rings. The quantitative estimate of drug-likeness (QED) is 0.337. The van der Waals surface area contributed by atoms with Gasteiger partial charge in [-0.2, -0.15) is 16.6 Å². The number of rotatable bonds is 6. The topological polar surface area (TPSA) is 208 Å². The Labute approximate surface area is 81.6 Å². The molecule has 15 heavy (non-hydrogen) atoms. The van der Waals surface area contributed by atoms with Crippen molar-refractivity contribution < 1.29 is 0 Å². The molecule has 0 radical (unpaired) electrons. The van der Waals surface area contributed by atoms with Gasteiger partial charge in [-0.25, -0.2) is 0 Å². The first-order valence-electron chi connectivity index (χ1n) is 2.87. The van der Waals surface area contributed by atoms with Gasteiger partial charge in [-0.1, -0.05) is 14.6 Å². The molecule has 14 nitrogen and oxygen atoms in total. The molecule has 0 aromatic heterocycles. The largest absolute Gasteiger partial charge is 0.261 e. The summed E-state index contributed by atoms with van der Waals surface area (Å²) in [5, 5.41) is 22.3. The molecule has 0 amide bonds. The van der Waals surface area contributed by atoms with Crippen LogP contribution in [0.5, 0.6) is 0 Å². The number of hydrogen-bond acceptors (Lipinski definition) is 3. The Balaban J connectivity index is 4.85. The third kappa shape index (κ3) is 7.85. The predicted octanol–water partition coefficient (Wildman–Crippen LogP) is 3.78. The summed E-state index contributed by atoms with van der Waals surface area (Å²) in [6.45, 7) is 0. The van der Waals surface area contributed by atoms with Crippen molar-refractivity contribution >= 4 is 7.66 Å². The lowest BCUT2D eigenvalue weighted by atomic mass is 12.5. The molecular weight excluding hydrogens is 227 g/mol. The molecule has 0 atom stereocenters. The fraction of sp³-hybridized carbons (Fsp3) is 0. The standard InChI is InChI=1S/H3N14P/c1-4-7-10-13-15(12-9-6-3)14-11-8-5-2/h1-3H/b4-1?,5-2?,6-3?,10-7+,11-8+,12-9+. The molecule has 78 valence electrons. The highest BCUT2D eigenvalue weighted by Crippen LogP contribution is 2.19. The zero-order valence-corrected chi connectivity index (χ0v) is 7.76. The van der Waals surface area contributed by atoms with E-state index in [0.29, 0.717) is 0 Å². The maximum Gasteiger partial charge on any atom is 0.261 e. The minimum Gasteiger partial charge on any atom is -0.183 e. The molecule has 0 unspecified atom stereocenters. The monoisotopic (exact) mass is 230 g/mol. The van der Waals surface area contributed by atoms with Gasteiger partial charge in [0.1, 0.15) is 0 Å². The van der Waals surface area contributed by atoms with Crippen LogP contribution in [0, 0.1) is 16.6 Å². The van der Waals surface area contributed by atoms with Crippen LogP contribution in [-0.2, 0) is 0 Å². The zero-order valence-electron chi connectivity index (χ0n) is 6.87. The highest BCUT2D eigenvalue weighted by Gasteiger charge is 1.81.